The van der Waals surface area contributed by atoms with E-state index < -0.39 is 5.91 Å². The summed E-state index contributed by atoms with van der Waals surface area (Å²) in [6.45, 7) is 4.17. The Morgan fingerprint density at radius 1 is 1.12 bits per heavy atom. The van der Waals surface area contributed by atoms with Gasteiger partial charge in [0.05, 0.1) is 11.4 Å². The number of carbonyl (C=O) groups excluding carboxylic acids is 2. The van der Waals surface area contributed by atoms with E-state index >= 15 is 0 Å². The van der Waals surface area contributed by atoms with Crippen LogP contribution in [0.1, 0.15) is 23.1 Å². The zero-order valence-electron chi connectivity index (χ0n) is 17.9. The van der Waals surface area contributed by atoms with Crippen LogP contribution in [0.15, 0.2) is 42.7 Å². The largest absolute Gasteiger partial charge is 0.354 e. The second-order valence-electron chi connectivity index (χ2n) is 7.18. The quantitative estimate of drug-likeness (QED) is 0.484. The van der Waals surface area contributed by atoms with Crippen LogP contribution in [-0.2, 0) is 17.9 Å². The number of aromatic nitrogens is 5. The molecule has 0 atom stereocenters. The first kappa shape index (κ1) is 21.2. The van der Waals surface area contributed by atoms with Gasteiger partial charge < -0.3 is 10.6 Å². The predicted octanol–water partition coefficient (Wildman–Crippen LogP) is 2.76. The molecule has 0 spiro atoms. The van der Waals surface area contributed by atoms with Crippen molar-refractivity contribution in [2.24, 2.45) is 0 Å². The van der Waals surface area contributed by atoms with Crippen molar-refractivity contribution in [3.05, 3.63) is 59.9 Å². The molecule has 0 aliphatic heterocycles. The summed E-state index contributed by atoms with van der Waals surface area (Å²) in [5, 5.41) is 14.7. The maximum Gasteiger partial charge on any atom is 0.273 e. The van der Waals surface area contributed by atoms with E-state index in [0.29, 0.717) is 23.6 Å². The molecule has 9 nitrogen and oxygen atoms in total. The van der Waals surface area contributed by atoms with Crippen molar-refractivity contribution in [2.75, 3.05) is 12.4 Å². The van der Waals surface area contributed by atoms with E-state index in [1.54, 1.807) is 29.2 Å². The first-order chi connectivity index (χ1) is 15.4. The molecule has 10 heteroatoms. The van der Waals surface area contributed by atoms with Crippen molar-refractivity contribution in [2.45, 2.75) is 26.9 Å². The number of aryl methyl sites for hydroxylation is 2. The molecule has 0 saturated carbocycles. The van der Waals surface area contributed by atoms with Gasteiger partial charge in [-0.15, -0.1) is 0 Å². The summed E-state index contributed by atoms with van der Waals surface area (Å²) in [4.78, 5) is 29.3. The molecule has 0 fully saturated rings. The van der Waals surface area contributed by atoms with E-state index in [2.05, 4.69) is 25.8 Å². The lowest BCUT2D eigenvalue weighted by atomic mass is 10.0. The third kappa shape index (κ3) is 3.94. The van der Waals surface area contributed by atoms with Crippen molar-refractivity contribution >= 4 is 28.5 Å². The fraction of sp³-hybridized carbons (Fsp3) is 0.227. The number of halogens is 1. The molecule has 1 aromatic carbocycles. The molecule has 164 valence electrons. The maximum absolute atomic E-state index is 13.3. The summed E-state index contributed by atoms with van der Waals surface area (Å²) in [6.07, 6.45) is 3.24. The lowest BCUT2D eigenvalue weighted by Crippen LogP contribution is -2.23. The Hall–Kier alpha value is -4.08. The number of nitrogens with one attached hydrogen (secondary N) is 2. The normalized spacial score (nSPS) is 11.0. The number of amides is 2. The maximum atomic E-state index is 13.3. The van der Waals surface area contributed by atoms with Crippen LogP contribution in [0, 0.1) is 12.7 Å². The molecule has 2 N–H and O–H groups in total. The van der Waals surface area contributed by atoms with E-state index in [9.17, 15) is 14.0 Å². The lowest BCUT2D eigenvalue weighted by molar-refractivity contribution is -0.116. The Morgan fingerprint density at radius 3 is 2.56 bits per heavy atom. The van der Waals surface area contributed by atoms with Gasteiger partial charge in [-0.25, -0.2) is 14.1 Å². The molecular formula is C22H22FN7O2. The summed E-state index contributed by atoms with van der Waals surface area (Å²) in [6, 6.07) is 8.02. The van der Waals surface area contributed by atoms with Crippen LogP contribution in [0.3, 0.4) is 0 Å². The first-order valence-electron chi connectivity index (χ1n) is 10.1. The summed E-state index contributed by atoms with van der Waals surface area (Å²) in [5.74, 6) is -1.08. The molecule has 0 aliphatic carbocycles. The van der Waals surface area contributed by atoms with Gasteiger partial charge in [-0.1, -0.05) is 12.1 Å². The molecule has 3 heterocycles. The average Bonchev–Trinajstić information content (AvgIpc) is 3.34. The summed E-state index contributed by atoms with van der Waals surface area (Å²) in [5.41, 5.74) is 3.38. The van der Waals surface area contributed by atoms with Crippen LogP contribution >= 0.6 is 0 Å². The van der Waals surface area contributed by atoms with Gasteiger partial charge in [-0.2, -0.15) is 10.2 Å². The smallest absolute Gasteiger partial charge is 0.273 e. The monoisotopic (exact) mass is 435 g/mol. The highest BCUT2D eigenvalue weighted by atomic mass is 19.1. The van der Waals surface area contributed by atoms with Gasteiger partial charge in [-0.05, 0) is 43.2 Å². The number of fused-ring (bicyclic) bond motifs is 1. The molecule has 0 aliphatic rings. The van der Waals surface area contributed by atoms with Crippen molar-refractivity contribution in [3.8, 4) is 11.1 Å². The number of nitrogens with zero attached hydrogens (tertiary/aromatic N) is 5. The van der Waals surface area contributed by atoms with Crippen molar-refractivity contribution in [1.82, 2.24) is 29.9 Å². The van der Waals surface area contributed by atoms with E-state index in [-0.39, 0.29) is 24.0 Å². The number of carbonyl (C=O) groups is 2. The second kappa shape index (κ2) is 8.58. The Balaban J connectivity index is 1.64. The summed E-state index contributed by atoms with van der Waals surface area (Å²) in [7, 11) is 1.50. The SMILES string of the molecule is CCn1cc(NC(=O)Cn2nc(C)c3c(-c4ccc(F)cc4)ccnc32)c(C(=O)NC)n1. The number of hydrogen-bond acceptors (Lipinski definition) is 5. The third-order valence-corrected chi connectivity index (χ3v) is 5.06. The van der Waals surface area contributed by atoms with Gasteiger partial charge in [0.25, 0.3) is 5.91 Å². The molecule has 32 heavy (non-hydrogen) atoms. The van der Waals surface area contributed by atoms with Crippen LogP contribution < -0.4 is 10.6 Å². The molecule has 4 rings (SSSR count). The van der Waals surface area contributed by atoms with Crippen molar-refractivity contribution in [3.63, 3.8) is 0 Å². The zero-order chi connectivity index (χ0) is 22.8. The number of anilines is 1. The number of hydrogen-bond donors (Lipinski definition) is 2. The summed E-state index contributed by atoms with van der Waals surface area (Å²) >= 11 is 0. The molecule has 2 amide bonds. The van der Waals surface area contributed by atoms with E-state index in [0.717, 1.165) is 16.5 Å². The molecule has 4 aromatic rings. The molecule has 0 bridgehead atoms. The highest BCUT2D eigenvalue weighted by molar-refractivity contribution is 6.02. The molecular weight excluding hydrogens is 413 g/mol. The van der Waals surface area contributed by atoms with Gasteiger partial charge in [0.15, 0.2) is 11.3 Å². The minimum atomic E-state index is -0.390. The highest BCUT2D eigenvalue weighted by Gasteiger charge is 2.20. The topological polar surface area (TPSA) is 107 Å². The Morgan fingerprint density at radius 2 is 1.88 bits per heavy atom. The van der Waals surface area contributed by atoms with Crippen molar-refractivity contribution < 1.29 is 14.0 Å². The Labute approximate surface area is 183 Å². The molecule has 0 saturated heterocycles. The fourth-order valence-electron chi connectivity index (χ4n) is 3.55. The number of rotatable bonds is 6. The first-order valence-corrected chi connectivity index (χ1v) is 10.1. The van der Waals surface area contributed by atoms with Crippen LogP contribution in [0.5, 0.6) is 0 Å². The Kier molecular flexibility index (Phi) is 5.67. The minimum Gasteiger partial charge on any atom is -0.354 e. The van der Waals surface area contributed by atoms with E-state index in [1.807, 2.05) is 19.9 Å². The minimum absolute atomic E-state index is 0.102. The van der Waals surface area contributed by atoms with Crippen LogP contribution in [-0.4, -0.2) is 43.4 Å². The fourth-order valence-corrected chi connectivity index (χ4v) is 3.55. The van der Waals surface area contributed by atoms with Gasteiger partial charge in [-0.3, -0.25) is 14.3 Å². The van der Waals surface area contributed by atoms with Crippen LogP contribution in [0.25, 0.3) is 22.2 Å². The Bertz CT molecular complexity index is 1310. The van der Waals surface area contributed by atoms with Crippen molar-refractivity contribution in [1.29, 1.82) is 0 Å². The third-order valence-electron chi connectivity index (χ3n) is 5.06. The van der Waals surface area contributed by atoms with Gasteiger partial charge >= 0.3 is 0 Å². The lowest BCUT2D eigenvalue weighted by Gasteiger charge is -2.07. The van der Waals surface area contributed by atoms with Gasteiger partial charge in [0.1, 0.15) is 12.4 Å². The van der Waals surface area contributed by atoms with Gasteiger partial charge in [0, 0.05) is 31.4 Å². The number of benzene rings is 1. The second-order valence-corrected chi connectivity index (χ2v) is 7.18. The van der Waals surface area contributed by atoms with E-state index in [1.165, 1.54) is 23.9 Å². The molecule has 3 aromatic heterocycles. The highest BCUT2D eigenvalue weighted by Crippen LogP contribution is 2.30. The van der Waals surface area contributed by atoms with Gasteiger partial charge in [0.2, 0.25) is 5.91 Å². The van der Waals surface area contributed by atoms with Crippen LogP contribution in [0.2, 0.25) is 0 Å². The van der Waals surface area contributed by atoms with E-state index in [4.69, 9.17) is 0 Å². The predicted molar refractivity (Wildman–Crippen MR) is 118 cm³/mol. The van der Waals surface area contributed by atoms with Crippen LogP contribution in [0.4, 0.5) is 10.1 Å². The zero-order valence-corrected chi connectivity index (χ0v) is 17.9. The molecule has 0 unspecified atom stereocenters. The standard InChI is InChI=1S/C22H22FN7O2/c1-4-29-11-17(20(28-29)22(32)24-3)26-18(31)12-30-21-19(13(2)27-30)16(9-10-25-21)14-5-7-15(23)8-6-14/h5-11H,4,12H2,1-3H3,(H,24,32)(H,26,31). The molecule has 0 radical (unpaired) electrons. The number of pyridine rings is 1. The summed E-state index contributed by atoms with van der Waals surface area (Å²) < 4.78 is 16.4. The average molecular weight is 435 g/mol.